The average molecular weight is 1050 g/mol. The number of benzene rings is 2. The van der Waals surface area contributed by atoms with Crippen LogP contribution in [0.3, 0.4) is 0 Å². The van der Waals surface area contributed by atoms with Crippen molar-refractivity contribution in [1.82, 2.24) is 0 Å². The highest BCUT2D eigenvalue weighted by Crippen LogP contribution is 2.25. The quantitative estimate of drug-likeness (QED) is 0.0639. The molecule has 0 aliphatic rings. The van der Waals surface area contributed by atoms with Crippen molar-refractivity contribution in [3.8, 4) is 0 Å². The minimum absolute atomic E-state index is 0.131. The predicted octanol–water partition coefficient (Wildman–Crippen LogP) is 14.6. The third kappa shape index (κ3) is 35.6. The van der Waals surface area contributed by atoms with Crippen LogP contribution in [-0.2, 0) is 65.7 Å². The van der Waals surface area contributed by atoms with E-state index in [0.29, 0.717) is 39.1 Å². The Morgan fingerprint density at radius 1 is 0.392 bits per heavy atom. The first-order valence-electron chi connectivity index (χ1n) is 25.7. The van der Waals surface area contributed by atoms with Gasteiger partial charge in [-0.1, -0.05) is 122 Å². The molecule has 0 saturated heterocycles. The maximum absolute atomic E-state index is 11.6. The molecular weight excluding hydrogens is 945 g/mol. The molecule has 2 rings (SSSR count). The molecule has 0 aromatic heterocycles. The molecule has 14 heteroatoms. The molecule has 74 heavy (non-hydrogen) atoms. The van der Waals surface area contributed by atoms with E-state index in [1.54, 1.807) is 47.6 Å². The number of carboxylic acids is 3. The second-order valence-electron chi connectivity index (χ2n) is 22.1. The van der Waals surface area contributed by atoms with Crippen molar-refractivity contribution >= 4 is 41.8 Å². The van der Waals surface area contributed by atoms with E-state index in [1.807, 2.05) is 165 Å². The van der Waals surface area contributed by atoms with Gasteiger partial charge in [-0.05, 0) is 153 Å². The summed E-state index contributed by atoms with van der Waals surface area (Å²) in [5.41, 5.74) is -1.00. The van der Waals surface area contributed by atoms with Crippen molar-refractivity contribution in [3.63, 3.8) is 0 Å². The summed E-state index contributed by atoms with van der Waals surface area (Å²) in [6, 6.07) is 19.4. The molecule has 0 aliphatic carbocycles. The summed E-state index contributed by atoms with van der Waals surface area (Å²) < 4.78 is 19.9. The normalized spacial score (nSPS) is 11.2. The van der Waals surface area contributed by atoms with Crippen LogP contribution in [0, 0.1) is 37.9 Å². The molecule has 14 nitrogen and oxygen atoms in total. The van der Waals surface area contributed by atoms with E-state index in [1.165, 1.54) is 7.11 Å². The van der Waals surface area contributed by atoms with Crippen LogP contribution in [-0.4, -0.2) is 70.8 Å². The van der Waals surface area contributed by atoms with Gasteiger partial charge < -0.3 is 34.3 Å². The van der Waals surface area contributed by atoms with E-state index >= 15 is 0 Å². The van der Waals surface area contributed by atoms with E-state index in [9.17, 15) is 33.6 Å². The zero-order valence-corrected chi connectivity index (χ0v) is 50.0. The van der Waals surface area contributed by atoms with Gasteiger partial charge in [-0.25, -0.2) is 0 Å². The minimum atomic E-state index is -0.722. The SMILES string of the molecule is C=CCOC(=O)C(C)(C)CC.CCC(C)(C)C(=O)O.CCC(C)(C)C(=O)O.CCC(C)(C)C(=O)O.CCC(C)(C)C(=O)OC.CCC(C)(C)C(=O)OCc1ccccc1.CCC(C)(C)C(=O)OCc1ccccc1. The highest BCUT2D eigenvalue weighted by Gasteiger charge is 2.30. The topological polar surface area (TPSA) is 217 Å². The number of carboxylic acid groups (broad SMARTS) is 3. The summed E-state index contributed by atoms with van der Waals surface area (Å²) in [5, 5.41) is 25.3. The molecule has 0 radical (unpaired) electrons. The molecule has 0 amide bonds. The first-order valence-corrected chi connectivity index (χ1v) is 25.7. The lowest BCUT2D eigenvalue weighted by atomic mass is 9.91. The fourth-order valence-corrected chi connectivity index (χ4v) is 3.47. The first-order chi connectivity index (χ1) is 33.7. The van der Waals surface area contributed by atoms with Crippen molar-refractivity contribution in [2.24, 2.45) is 37.9 Å². The van der Waals surface area contributed by atoms with Gasteiger partial charge in [0.05, 0.1) is 45.0 Å². The van der Waals surface area contributed by atoms with Crippen LogP contribution in [0.15, 0.2) is 73.3 Å². The Balaban J connectivity index is -0.000000255. The molecule has 426 valence electrons. The lowest BCUT2D eigenvalue weighted by molar-refractivity contribution is -0.156. The Bertz CT molecular complexity index is 1780. The molecule has 0 bridgehead atoms. The largest absolute Gasteiger partial charge is 0.481 e. The number of methoxy groups -OCH3 is 1. The van der Waals surface area contributed by atoms with Gasteiger partial charge in [0.25, 0.3) is 0 Å². The highest BCUT2D eigenvalue weighted by molar-refractivity contribution is 5.77. The number of aliphatic carboxylic acids is 3. The Morgan fingerprint density at radius 3 is 0.770 bits per heavy atom. The van der Waals surface area contributed by atoms with E-state index in [2.05, 4.69) is 11.3 Å². The lowest BCUT2D eigenvalue weighted by Crippen LogP contribution is -2.25. The summed E-state index contributed by atoms with van der Waals surface area (Å²) in [6.07, 6.45) is 6.82. The number of carbonyl (C=O) groups excluding carboxylic acids is 4. The van der Waals surface area contributed by atoms with Crippen molar-refractivity contribution in [2.45, 2.75) is 204 Å². The molecule has 3 N–H and O–H groups in total. The summed E-state index contributed by atoms with van der Waals surface area (Å²) in [6.45, 7) is 43.4. The fraction of sp³-hybridized carbons (Fsp3) is 0.650. The second-order valence-corrected chi connectivity index (χ2v) is 22.1. The lowest BCUT2D eigenvalue weighted by Gasteiger charge is -2.20. The smallest absolute Gasteiger partial charge is 0.311 e. The van der Waals surface area contributed by atoms with Gasteiger partial charge in [0.1, 0.15) is 19.8 Å². The van der Waals surface area contributed by atoms with Crippen LogP contribution < -0.4 is 0 Å². The Morgan fingerprint density at radius 2 is 0.608 bits per heavy atom. The third-order valence-corrected chi connectivity index (χ3v) is 13.1. The number of hydrogen-bond donors (Lipinski definition) is 3. The number of esters is 4. The number of hydrogen-bond acceptors (Lipinski definition) is 11. The summed E-state index contributed by atoms with van der Waals surface area (Å²) in [7, 11) is 1.42. The van der Waals surface area contributed by atoms with Crippen LogP contribution in [0.1, 0.15) is 201 Å². The van der Waals surface area contributed by atoms with E-state index in [0.717, 1.165) is 36.8 Å². The van der Waals surface area contributed by atoms with Crippen LogP contribution >= 0.6 is 0 Å². The van der Waals surface area contributed by atoms with Crippen LogP contribution in [0.5, 0.6) is 0 Å². The number of carbonyl (C=O) groups is 7. The third-order valence-electron chi connectivity index (χ3n) is 13.1. The predicted molar refractivity (Wildman–Crippen MR) is 297 cm³/mol. The van der Waals surface area contributed by atoms with Gasteiger partial charge in [-0.3, -0.25) is 33.6 Å². The molecule has 0 saturated carbocycles. The van der Waals surface area contributed by atoms with E-state index in [-0.39, 0.29) is 45.5 Å². The maximum Gasteiger partial charge on any atom is 0.311 e. The molecule has 0 atom stereocenters. The number of ether oxygens (including phenoxy) is 4. The van der Waals surface area contributed by atoms with Gasteiger partial charge in [-0.15, -0.1) is 0 Å². The van der Waals surface area contributed by atoms with E-state index in [4.69, 9.17) is 29.5 Å². The van der Waals surface area contributed by atoms with Gasteiger partial charge in [0.15, 0.2) is 0 Å². The molecule has 0 fully saturated rings. The number of rotatable bonds is 20. The monoisotopic (exact) mass is 1050 g/mol. The van der Waals surface area contributed by atoms with Crippen molar-refractivity contribution in [3.05, 3.63) is 84.4 Å². The second kappa shape index (κ2) is 38.1. The Kier molecular flexibility index (Phi) is 39.8. The van der Waals surface area contributed by atoms with Gasteiger partial charge in [0, 0.05) is 0 Å². The molecule has 0 spiro atoms. The van der Waals surface area contributed by atoms with Crippen LogP contribution in [0.25, 0.3) is 0 Å². The van der Waals surface area contributed by atoms with Crippen molar-refractivity contribution < 1.29 is 67.8 Å². The van der Waals surface area contributed by atoms with Crippen molar-refractivity contribution in [1.29, 1.82) is 0 Å². The highest BCUT2D eigenvalue weighted by atomic mass is 16.5. The van der Waals surface area contributed by atoms with E-state index < -0.39 is 34.2 Å². The van der Waals surface area contributed by atoms with Gasteiger partial charge in [-0.2, -0.15) is 0 Å². The van der Waals surface area contributed by atoms with Gasteiger partial charge >= 0.3 is 41.8 Å². The van der Waals surface area contributed by atoms with Crippen LogP contribution in [0.4, 0.5) is 0 Å². The molecule has 0 heterocycles. The molecular formula is C60H102O14. The molecule has 0 unspecified atom stereocenters. The standard InChI is InChI=1S/2C13H18O2.C9H16O2.C7H14O2.3C6H12O2/c2*1-4-13(2,3)12(14)15-10-11-8-6-5-7-9-11;1-5-7-11-8(10)9(3,4)6-2;1-5-7(2,3)6(8)9-4;3*1-4-6(2,3)5(7)8/h2*5-9H,4,10H2,1-3H3;5H,1,6-7H2,2-4H3;5H2,1-4H3;3*4H2,1-3H3,(H,7,8). The zero-order chi connectivity index (χ0) is 59.4. The average Bonchev–Trinajstić information content (AvgIpc) is 3.37. The summed E-state index contributed by atoms with van der Waals surface area (Å²) in [5.74, 6) is -2.72. The van der Waals surface area contributed by atoms with Crippen molar-refractivity contribution in [2.75, 3.05) is 13.7 Å². The Hall–Kier alpha value is -5.53. The van der Waals surface area contributed by atoms with Gasteiger partial charge in [0.2, 0.25) is 0 Å². The summed E-state index contributed by atoms with van der Waals surface area (Å²) in [4.78, 5) is 76.1. The summed E-state index contributed by atoms with van der Waals surface area (Å²) >= 11 is 0. The zero-order valence-electron chi connectivity index (χ0n) is 50.0. The Labute approximate surface area is 447 Å². The first kappa shape index (κ1) is 77.4. The molecule has 2 aromatic carbocycles. The minimum Gasteiger partial charge on any atom is -0.481 e. The van der Waals surface area contributed by atoms with Crippen LogP contribution in [0.2, 0.25) is 0 Å². The molecule has 2 aromatic rings. The maximum atomic E-state index is 11.6. The molecule has 0 aliphatic heterocycles. The fourth-order valence-electron chi connectivity index (χ4n) is 3.47.